The van der Waals surface area contributed by atoms with E-state index in [1.807, 2.05) is 24.4 Å². The number of nitrogens with zero attached hydrogens (tertiary/aromatic N) is 1. The lowest BCUT2D eigenvalue weighted by molar-refractivity contribution is -0.116. The van der Waals surface area contributed by atoms with Crippen LogP contribution in [0.2, 0.25) is 0 Å². The van der Waals surface area contributed by atoms with Crippen molar-refractivity contribution in [1.82, 2.24) is 4.57 Å². The number of Topliss-reactive ketones (excluding diaryl/α,β-unsaturated/α-hetero) is 1. The molecular weight excluding hydrogens is 368 g/mol. The number of carbonyl (C=O) groups excluding carboxylic acids is 2. The number of benzene rings is 2. The first-order valence-electron chi connectivity index (χ1n) is 7.68. The minimum atomic E-state index is -0.0744. The van der Waals surface area contributed by atoms with Gasteiger partial charge in [0.05, 0.1) is 0 Å². The Labute approximate surface area is 148 Å². The van der Waals surface area contributed by atoms with Crippen LogP contribution in [0.5, 0.6) is 0 Å². The highest BCUT2D eigenvalue weighted by Crippen LogP contribution is 2.21. The molecule has 0 atom stereocenters. The molecule has 0 fully saturated rings. The van der Waals surface area contributed by atoms with Crippen LogP contribution in [0.3, 0.4) is 0 Å². The van der Waals surface area contributed by atoms with Gasteiger partial charge in [0.1, 0.15) is 0 Å². The fraction of sp³-hybridized carbons (Fsp3) is 0.158. The Morgan fingerprint density at radius 1 is 1.12 bits per heavy atom. The minimum absolute atomic E-state index is 0.0175. The van der Waals surface area contributed by atoms with Crippen molar-refractivity contribution in [1.29, 1.82) is 0 Å². The maximum Gasteiger partial charge on any atom is 0.226 e. The number of rotatable bonds is 5. The summed E-state index contributed by atoms with van der Waals surface area (Å²) in [6, 6.07) is 15.1. The lowest BCUT2D eigenvalue weighted by atomic mass is 10.1. The van der Waals surface area contributed by atoms with Gasteiger partial charge in [-0.3, -0.25) is 9.59 Å². The monoisotopic (exact) mass is 384 g/mol. The Hall–Kier alpha value is -2.40. The van der Waals surface area contributed by atoms with E-state index in [0.717, 1.165) is 15.4 Å². The first kappa shape index (κ1) is 16.5. The zero-order chi connectivity index (χ0) is 17.1. The number of fused-ring (bicyclic) bond motifs is 1. The summed E-state index contributed by atoms with van der Waals surface area (Å²) in [4.78, 5) is 23.6. The van der Waals surface area contributed by atoms with Crippen molar-refractivity contribution in [3.63, 3.8) is 0 Å². The number of nitrogens with one attached hydrogen (secondary N) is 1. The summed E-state index contributed by atoms with van der Waals surface area (Å²) in [5, 5.41) is 3.98. The number of halogens is 1. The Morgan fingerprint density at radius 3 is 2.75 bits per heavy atom. The van der Waals surface area contributed by atoms with Gasteiger partial charge in [-0.25, -0.2) is 0 Å². The van der Waals surface area contributed by atoms with Crippen LogP contribution in [-0.4, -0.2) is 16.3 Å². The average Bonchev–Trinajstić information content (AvgIpc) is 2.95. The van der Waals surface area contributed by atoms with Crippen molar-refractivity contribution >= 4 is 44.2 Å². The number of hydrogen-bond acceptors (Lipinski definition) is 2. The molecule has 0 aliphatic carbocycles. The lowest BCUT2D eigenvalue weighted by Gasteiger charge is -2.08. The van der Waals surface area contributed by atoms with Crippen molar-refractivity contribution < 1.29 is 9.59 Å². The van der Waals surface area contributed by atoms with Gasteiger partial charge in [0.25, 0.3) is 0 Å². The van der Waals surface area contributed by atoms with Crippen LogP contribution in [0.15, 0.2) is 59.2 Å². The smallest absolute Gasteiger partial charge is 0.226 e. The van der Waals surface area contributed by atoms with E-state index in [2.05, 4.69) is 31.9 Å². The molecule has 2 aromatic carbocycles. The molecule has 1 aromatic heterocycles. The highest BCUT2D eigenvalue weighted by Gasteiger charge is 2.07. The van der Waals surface area contributed by atoms with E-state index in [1.54, 1.807) is 24.3 Å². The number of anilines is 1. The van der Waals surface area contributed by atoms with E-state index in [4.69, 9.17) is 0 Å². The quantitative estimate of drug-likeness (QED) is 0.651. The Morgan fingerprint density at radius 2 is 1.96 bits per heavy atom. The number of carbonyl (C=O) groups is 2. The maximum absolute atomic E-state index is 12.2. The van der Waals surface area contributed by atoms with Crippen LogP contribution in [0.1, 0.15) is 23.7 Å². The zero-order valence-corrected chi connectivity index (χ0v) is 14.8. The molecule has 24 heavy (non-hydrogen) atoms. The third-order valence-corrected chi connectivity index (χ3v) is 4.36. The van der Waals surface area contributed by atoms with Crippen LogP contribution in [0, 0.1) is 0 Å². The molecule has 5 heteroatoms. The maximum atomic E-state index is 12.2. The molecule has 1 heterocycles. The first-order chi connectivity index (χ1) is 11.5. The van der Waals surface area contributed by atoms with Gasteiger partial charge in [-0.2, -0.15) is 0 Å². The third-order valence-electron chi connectivity index (χ3n) is 3.87. The van der Waals surface area contributed by atoms with E-state index in [0.29, 0.717) is 24.2 Å². The summed E-state index contributed by atoms with van der Waals surface area (Å²) < 4.78 is 3.10. The van der Waals surface area contributed by atoms with Gasteiger partial charge in [0.15, 0.2) is 5.78 Å². The number of aromatic nitrogens is 1. The van der Waals surface area contributed by atoms with E-state index in [1.165, 1.54) is 6.92 Å². The fourth-order valence-corrected chi connectivity index (χ4v) is 3.01. The van der Waals surface area contributed by atoms with Gasteiger partial charge in [0.2, 0.25) is 5.91 Å². The summed E-state index contributed by atoms with van der Waals surface area (Å²) >= 11 is 3.46. The molecular formula is C19H17BrN2O2. The molecule has 0 aliphatic heterocycles. The van der Waals surface area contributed by atoms with Gasteiger partial charge in [0, 0.05) is 45.8 Å². The van der Waals surface area contributed by atoms with Crippen molar-refractivity contribution in [3.05, 3.63) is 64.8 Å². The van der Waals surface area contributed by atoms with E-state index >= 15 is 0 Å². The number of aryl methyl sites for hydroxylation is 1. The topological polar surface area (TPSA) is 51.1 Å². The third kappa shape index (κ3) is 3.74. The van der Waals surface area contributed by atoms with Gasteiger partial charge in [-0.05, 0) is 43.3 Å². The second kappa shape index (κ2) is 7.01. The standard InChI is InChI=1S/C19H17BrN2O2/c1-13(23)14-3-2-4-17(12-14)21-19(24)8-10-22-9-7-15-11-16(20)5-6-18(15)22/h2-7,9,11-12H,8,10H2,1H3,(H,21,24). The fourth-order valence-electron chi connectivity index (χ4n) is 2.63. The van der Waals surface area contributed by atoms with Crippen LogP contribution in [0.25, 0.3) is 10.9 Å². The van der Waals surface area contributed by atoms with Crippen molar-refractivity contribution in [2.24, 2.45) is 0 Å². The molecule has 0 unspecified atom stereocenters. The Balaban J connectivity index is 1.65. The van der Waals surface area contributed by atoms with Crippen LogP contribution < -0.4 is 5.32 Å². The average molecular weight is 385 g/mol. The van der Waals surface area contributed by atoms with Crippen molar-refractivity contribution in [2.75, 3.05) is 5.32 Å². The summed E-state index contributed by atoms with van der Waals surface area (Å²) in [5.41, 5.74) is 2.34. The number of hydrogen-bond donors (Lipinski definition) is 1. The molecule has 0 bridgehead atoms. The van der Waals surface area contributed by atoms with Gasteiger partial charge in [-0.15, -0.1) is 0 Å². The number of amides is 1. The lowest BCUT2D eigenvalue weighted by Crippen LogP contribution is -2.14. The minimum Gasteiger partial charge on any atom is -0.347 e. The first-order valence-corrected chi connectivity index (χ1v) is 8.47. The van der Waals surface area contributed by atoms with Crippen molar-refractivity contribution in [3.8, 4) is 0 Å². The predicted molar refractivity (Wildman–Crippen MR) is 99.3 cm³/mol. The van der Waals surface area contributed by atoms with Gasteiger partial charge in [-0.1, -0.05) is 28.1 Å². The zero-order valence-electron chi connectivity index (χ0n) is 13.3. The van der Waals surface area contributed by atoms with Gasteiger partial charge < -0.3 is 9.88 Å². The SMILES string of the molecule is CC(=O)c1cccc(NC(=O)CCn2ccc3cc(Br)ccc32)c1. The van der Waals surface area contributed by atoms with Crippen LogP contribution in [0.4, 0.5) is 5.69 Å². The molecule has 0 saturated heterocycles. The van der Waals surface area contributed by atoms with Crippen LogP contribution in [-0.2, 0) is 11.3 Å². The van der Waals surface area contributed by atoms with Crippen LogP contribution >= 0.6 is 15.9 Å². The Kier molecular flexibility index (Phi) is 4.81. The summed E-state index contributed by atoms with van der Waals surface area (Å²) in [6.45, 7) is 2.11. The second-order valence-electron chi connectivity index (χ2n) is 5.65. The molecule has 0 radical (unpaired) electrons. The number of ketones is 1. The Bertz CT molecular complexity index is 915. The molecule has 4 nitrogen and oxygen atoms in total. The molecule has 1 N–H and O–H groups in total. The summed E-state index contributed by atoms with van der Waals surface area (Å²) in [5.74, 6) is -0.0919. The molecule has 1 amide bonds. The molecule has 122 valence electrons. The largest absolute Gasteiger partial charge is 0.347 e. The summed E-state index contributed by atoms with van der Waals surface area (Å²) in [6.07, 6.45) is 2.35. The van der Waals surface area contributed by atoms with E-state index in [9.17, 15) is 9.59 Å². The molecule has 3 aromatic rings. The molecule has 0 aliphatic rings. The molecule has 0 spiro atoms. The second-order valence-corrected chi connectivity index (χ2v) is 6.56. The predicted octanol–water partition coefficient (Wildman–Crippen LogP) is 4.64. The van der Waals surface area contributed by atoms with E-state index in [-0.39, 0.29) is 11.7 Å². The highest BCUT2D eigenvalue weighted by molar-refractivity contribution is 9.10. The highest BCUT2D eigenvalue weighted by atomic mass is 79.9. The summed E-state index contributed by atoms with van der Waals surface area (Å²) in [7, 11) is 0. The normalized spacial score (nSPS) is 10.8. The molecule has 3 rings (SSSR count). The molecule has 0 saturated carbocycles. The van der Waals surface area contributed by atoms with E-state index < -0.39 is 0 Å². The van der Waals surface area contributed by atoms with Crippen molar-refractivity contribution in [2.45, 2.75) is 19.9 Å². The van der Waals surface area contributed by atoms with Gasteiger partial charge >= 0.3 is 0 Å².